The molecule has 1 N–H and O–H groups in total. The molecular weight excluding hydrogens is 296 g/mol. The van der Waals surface area contributed by atoms with Crippen LogP contribution in [0, 0.1) is 5.41 Å². The van der Waals surface area contributed by atoms with Gasteiger partial charge in [0.2, 0.25) is 0 Å². The molecule has 0 saturated carbocycles. The second-order valence-electron chi connectivity index (χ2n) is 5.09. The number of aliphatic carboxylic acids is 1. The van der Waals surface area contributed by atoms with Gasteiger partial charge in [0.1, 0.15) is 4.60 Å². The maximum absolute atomic E-state index is 11.2. The maximum Gasteiger partial charge on any atom is 0.309 e. The van der Waals surface area contributed by atoms with Crippen LogP contribution in [0.2, 0.25) is 0 Å². The normalized spacial score (nSPS) is 12.0. The number of carboxylic acids is 1. The number of benzene rings is 1. The molecule has 96 valence electrons. The molecule has 0 spiro atoms. The zero-order valence-corrected chi connectivity index (χ0v) is 12.2. The lowest BCUT2D eigenvalue weighted by Crippen LogP contribution is -2.26. The number of aryl methyl sites for hydroxylation is 1. The molecule has 0 atom stereocenters. The van der Waals surface area contributed by atoms with E-state index in [2.05, 4.69) is 21.0 Å². The molecule has 4 nitrogen and oxygen atoms in total. The van der Waals surface area contributed by atoms with Gasteiger partial charge in [-0.25, -0.2) is 0 Å². The van der Waals surface area contributed by atoms with E-state index in [1.807, 2.05) is 25.2 Å². The summed E-state index contributed by atoms with van der Waals surface area (Å²) in [5.74, 6) is -0.791. The standard InChI is InChI=1S/C13H15BrN2O2/c1-13(2,12(17)18)7-8-5-4-6-9-10(8)16(3)15-11(9)14/h4-6H,7H2,1-3H3,(H,17,18). The summed E-state index contributed by atoms with van der Waals surface area (Å²) in [7, 11) is 1.87. The van der Waals surface area contributed by atoms with E-state index in [0.717, 1.165) is 21.1 Å². The van der Waals surface area contributed by atoms with Gasteiger partial charge >= 0.3 is 5.97 Å². The minimum Gasteiger partial charge on any atom is -0.481 e. The molecule has 1 heterocycles. The summed E-state index contributed by atoms with van der Waals surface area (Å²) in [6, 6.07) is 5.87. The summed E-state index contributed by atoms with van der Waals surface area (Å²) in [5, 5.41) is 14.5. The summed E-state index contributed by atoms with van der Waals surface area (Å²) in [4.78, 5) is 11.2. The van der Waals surface area contributed by atoms with E-state index in [9.17, 15) is 9.90 Å². The highest BCUT2D eigenvalue weighted by molar-refractivity contribution is 9.10. The van der Waals surface area contributed by atoms with Gasteiger partial charge in [0, 0.05) is 12.4 Å². The number of carbonyl (C=O) groups is 1. The van der Waals surface area contributed by atoms with Crippen molar-refractivity contribution in [2.45, 2.75) is 20.3 Å². The van der Waals surface area contributed by atoms with Crippen molar-refractivity contribution in [2.75, 3.05) is 0 Å². The van der Waals surface area contributed by atoms with Crippen molar-refractivity contribution >= 4 is 32.8 Å². The topological polar surface area (TPSA) is 55.1 Å². The van der Waals surface area contributed by atoms with Gasteiger partial charge in [0.15, 0.2) is 0 Å². The molecule has 0 aliphatic heterocycles. The van der Waals surface area contributed by atoms with Crippen LogP contribution >= 0.6 is 15.9 Å². The quantitative estimate of drug-likeness (QED) is 0.948. The van der Waals surface area contributed by atoms with Crippen LogP contribution in [0.5, 0.6) is 0 Å². The predicted octanol–water partition coefficient (Wildman–Crippen LogP) is 2.99. The Labute approximate surface area is 114 Å². The molecule has 0 amide bonds. The number of para-hydroxylation sites is 1. The van der Waals surface area contributed by atoms with Gasteiger partial charge in [-0.05, 0) is 41.8 Å². The van der Waals surface area contributed by atoms with Gasteiger partial charge in [-0.2, -0.15) is 5.10 Å². The molecule has 2 rings (SSSR count). The number of carboxylic acid groups (broad SMARTS) is 1. The van der Waals surface area contributed by atoms with Gasteiger partial charge in [-0.15, -0.1) is 0 Å². The van der Waals surface area contributed by atoms with Crippen molar-refractivity contribution < 1.29 is 9.90 Å². The molecule has 0 saturated heterocycles. The van der Waals surface area contributed by atoms with Crippen molar-refractivity contribution in [2.24, 2.45) is 12.5 Å². The smallest absolute Gasteiger partial charge is 0.309 e. The summed E-state index contributed by atoms with van der Waals surface area (Å²) in [5.41, 5.74) is 1.20. The number of fused-ring (bicyclic) bond motifs is 1. The monoisotopic (exact) mass is 310 g/mol. The van der Waals surface area contributed by atoms with Crippen LogP contribution in [-0.4, -0.2) is 20.9 Å². The number of nitrogens with zero attached hydrogens (tertiary/aromatic N) is 2. The Morgan fingerprint density at radius 3 is 2.78 bits per heavy atom. The average Bonchev–Trinajstić information content (AvgIpc) is 2.55. The van der Waals surface area contributed by atoms with E-state index in [-0.39, 0.29) is 0 Å². The molecule has 5 heteroatoms. The Bertz CT molecular complexity index is 617. The van der Waals surface area contributed by atoms with Crippen LogP contribution in [0.15, 0.2) is 22.8 Å². The molecule has 0 aliphatic carbocycles. The predicted molar refractivity (Wildman–Crippen MR) is 73.5 cm³/mol. The second kappa shape index (κ2) is 4.39. The van der Waals surface area contributed by atoms with Crippen molar-refractivity contribution in [1.29, 1.82) is 0 Å². The van der Waals surface area contributed by atoms with Gasteiger partial charge < -0.3 is 5.11 Å². The number of hydrogen-bond donors (Lipinski definition) is 1. The minimum atomic E-state index is -0.791. The van der Waals surface area contributed by atoms with Gasteiger partial charge in [-0.3, -0.25) is 9.48 Å². The lowest BCUT2D eigenvalue weighted by atomic mass is 9.85. The van der Waals surface area contributed by atoms with Gasteiger partial charge in [-0.1, -0.05) is 18.2 Å². The largest absolute Gasteiger partial charge is 0.481 e. The third kappa shape index (κ3) is 2.14. The number of halogens is 1. The first kappa shape index (κ1) is 13.1. The summed E-state index contributed by atoms with van der Waals surface area (Å²) >= 11 is 3.41. The summed E-state index contributed by atoms with van der Waals surface area (Å²) in [6.07, 6.45) is 0.478. The summed E-state index contributed by atoms with van der Waals surface area (Å²) < 4.78 is 2.57. The van der Waals surface area contributed by atoms with Crippen LogP contribution < -0.4 is 0 Å². The Kier molecular flexibility index (Phi) is 3.19. The van der Waals surface area contributed by atoms with E-state index in [4.69, 9.17) is 0 Å². The van der Waals surface area contributed by atoms with Gasteiger partial charge in [0.05, 0.1) is 10.9 Å². The van der Waals surface area contributed by atoms with E-state index in [1.165, 1.54) is 0 Å². The molecule has 0 bridgehead atoms. The van der Waals surface area contributed by atoms with E-state index >= 15 is 0 Å². The summed E-state index contributed by atoms with van der Waals surface area (Å²) in [6.45, 7) is 3.47. The van der Waals surface area contributed by atoms with Crippen molar-refractivity contribution in [3.63, 3.8) is 0 Å². The molecule has 1 aromatic heterocycles. The third-order valence-electron chi connectivity index (χ3n) is 3.11. The molecule has 0 aliphatic rings. The lowest BCUT2D eigenvalue weighted by Gasteiger charge is -2.19. The van der Waals surface area contributed by atoms with Crippen molar-refractivity contribution in [1.82, 2.24) is 9.78 Å². The molecular formula is C13H15BrN2O2. The van der Waals surface area contributed by atoms with Crippen LogP contribution in [0.3, 0.4) is 0 Å². The van der Waals surface area contributed by atoms with Crippen LogP contribution in [0.4, 0.5) is 0 Å². The highest BCUT2D eigenvalue weighted by Gasteiger charge is 2.28. The molecule has 2 aromatic rings. The molecule has 1 aromatic carbocycles. The van der Waals surface area contributed by atoms with Crippen LogP contribution in [-0.2, 0) is 18.3 Å². The van der Waals surface area contributed by atoms with Crippen molar-refractivity contribution in [3.8, 4) is 0 Å². The average molecular weight is 311 g/mol. The number of aromatic nitrogens is 2. The van der Waals surface area contributed by atoms with Crippen LogP contribution in [0.25, 0.3) is 10.9 Å². The molecule has 18 heavy (non-hydrogen) atoms. The fourth-order valence-corrected chi connectivity index (χ4v) is 2.63. The zero-order chi connectivity index (χ0) is 13.5. The second-order valence-corrected chi connectivity index (χ2v) is 5.84. The SMILES string of the molecule is Cn1nc(Br)c2cccc(CC(C)(C)C(=O)O)c21. The highest BCUT2D eigenvalue weighted by atomic mass is 79.9. The lowest BCUT2D eigenvalue weighted by molar-refractivity contribution is -0.146. The van der Waals surface area contributed by atoms with Crippen molar-refractivity contribution in [3.05, 3.63) is 28.4 Å². The first-order chi connectivity index (χ1) is 8.33. The number of rotatable bonds is 3. The van der Waals surface area contributed by atoms with Gasteiger partial charge in [0.25, 0.3) is 0 Å². The Balaban J connectivity index is 2.56. The first-order valence-electron chi connectivity index (χ1n) is 5.66. The highest BCUT2D eigenvalue weighted by Crippen LogP contribution is 2.30. The van der Waals surface area contributed by atoms with Crippen LogP contribution in [0.1, 0.15) is 19.4 Å². The maximum atomic E-state index is 11.2. The molecule has 0 radical (unpaired) electrons. The molecule has 0 fully saturated rings. The fraction of sp³-hybridized carbons (Fsp3) is 0.385. The first-order valence-corrected chi connectivity index (χ1v) is 6.46. The Hall–Kier alpha value is -1.36. The fourth-order valence-electron chi connectivity index (χ4n) is 2.07. The number of hydrogen-bond acceptors (Lipinski definition) is 2. The Morgan fingerprint density at radius 2 is 2.17 bits per heavy atom. The molecule has 0 unspecified atom stereocenters. The van der Waals surface area contributed by atoms with E-state index < -0.39 is 11.4 Å². The van der Waals surface area contributed by atoms with E-state index in [1.54, 1.807) is 18.5 Å². The zero-order valence-electron chi connectivity index (χ0n) is 10.6. The third-order valence-corrected chi connectivity index (χ3v) is 3.70. The Morgan fingerprint density at radius 1 is 1.50 bits per heavy atom. The van der Waals surface area contributed by atoms with E-state index in [0.29, 0.717) is 6.42 Å². The minimum absolute atomic E-state index is 0.478.